The van der Waals surface area contributed by atoms with Crippen molar-refractivity contribution in [2.24, 2.45) is 0 Å². The summed E-state index contributed by atoms with van der Waals surface area (Å²) in [6, 6.07) is 5.73. The van der Waals surface area contributed by atoms with Crippen LogP contribution in [0.1, 0.15) is 48.7 Å². The molecule has 10 heteroatoms. The number of hydrogen-bond donors (Lipinski definition) is 3. The minimum atomic E-state index is 0.436. The van der Waals surface area contributed by atoms with Crippen molar-refractivity contribution in [2.75, 3.05) is 36.9 Å². The molecular formula is C21H28N8O2. The van der Waals surface area contributed by atoms with Crippen molar-refractivity contribution in [1.29, 1.82) is 0 Å². The Morgan fingerprint density at radius 1 is 1.16 bits per heavy atom. The van der Waals surface area contributed by atoms with Gasteiger partial charge in [0, 0.05) is 36.4 Å². The number of likely N-dealkylation sites (tertiary alicyclic amines) is 1. The fourth-order valence-corrected chi connectivity index (χ4v) is 3.73. The molecule has 1 aliphatic heterocycles. The second-order valence-electron chi connectivity index (χ2n) is 8.21. The molecule has 0 aromatic carbocycles. The Balaban J connectivity index is 1.27. The van der Waals surface area contributed by atoms with Gasteiger partial charge in [-0.2, -0.15) is 15.1 Å². The monoisotopic (exact) mass is 424 g/mol. The SMILES string of the molecule is Cc1cc(CNc2nc(Nc3cc(C4CC4)[nH]n3)cc(OCCN3CCCC3)n2)on1. The Bertz CT molecular complexity index is 1010. The van der Waals surface area contributed by atoms with E-state index in [0.29, 0.717) is 36.7 Å². The van der Waals surface area contributed by atoms with Crippen LogP contribution in [0.4, 0.5) is 17.6 Å². The minimum absolute atomic E-state index is 0.436. The number of hydrogen-bond acceptors (Lipinski definition) is 9. The summed E-state index contributed by atoms with van der Waals surface area (Å²) >= 11 is 0. The topological polar surface area (TPSA) is 117 Å². The van der Waals surface area contributed by atoms with Gasteiger partial charge in [0.25, 0.3) is 0 Å². The lowest BCUT2D eigenvalue weighted by Crippen LogP contribution is -2.25. The number of aryl methyl sites for hydroxylation is 1. The molecule has 164 valence electrons. The number of aromatic amines is 1. The number of ether oxygens (including phenoxy) is 1. The molecule has 0 spiro atoms. The highest BCUT2D eigenvalue weighted by molar-refractivity contribution is 5.55. The number of nitrogens with one attached hydrogen (secondary N) is 3. The van der Waals surface area contributed by atoms with Gasteiger partial charge in [-0.3, -0.25) is 10.00 Å². The highest BCUT2D eigenvalue weighted by Crippen LogP contribution is 2.39. The first-order valence-electron chi connectivity index (χ1n) is 10.9. The average molecular weight is 425 g/mol. The van der Waals surface area contributed by atoms with Crippen molar-refractivity contribution in [3.05, 3.63) is 35.3 Å². The van der Waals surface area contributed by atoms with Gasteiger partial charge < -0.3 is 19.9 Å². The van der Waals surface area contributed by atoms with Crippen LogP contribution in [0, 0.1) is 6.92 Å². The maximum Gasteiger partial charge on any atom is 0.228 e. The molecule has 1 aliphatic carbocycles. The second kappa shape index (κ2) is 8.93. The van der Waals surface area contributed by atoms with Gasteiger partial charge in [-0.25, -0.2) is 0 Å². The lowest BCUT2D eigenvalue weighted by atomic mass is 10.3. The summed E-state index contributed by atoms with van der Waals surface area (Å²) in [7, 11) is 0. The first kappa shape index (κ1) is 19.8. The molecule has 3 N–H and O–H groups in total. The van der Waals surface area contributed by atoms with E-state index in [9.17, 15) is 0 Å². The van der Waals surface area contributed by atoms with Gasteiger partial charge in [-0.1, -0.05) is 5.16 Å². The largest absolute Gasteiger partial charge is 0.476 e. The minimum Gasteiger partial charge on any atom is -0.476 e. The van der Waals surface area contributed by atoms with Gasteiger partial charge in [0.05, 0.1) is 12.2 Å². The lowest BCUT2D eigenvalue weighted by molar-refractivity contribution is 0.232. The van der Waals surface area contributed by atoms with Crippen molar-refractivity contribution in [3.63, 3.8) is 0 Å². The molecule has 0 bridgehead atoms. The predicted molar refractivity (Wildman–Crippen MR) is 116 cm³/mol. The van der Waals surface area contributed by atoms with E-state index < -0.39 is 0 Å². The number of H-pyrrole nitrogens is 1. The van der Waals surface area contributed by atoms with Crippen LogP contribution in [-0.4, -0.2) is 56.5 Å². The summed E-state index contributed by atoms with van der Waals surface area (Å²) in [4.78, 5) is 11.5. The first-order valence-corrected chi connectivity index (χ1v) is 10.9. The van der Waals surface area contributed by atoms with E-state index in [0.717, 1.165) is 42.6 Å². The van der Waals surface area contributed by atoms with Crippen molar-refractivity contribution in [2.45, 2.75) is 45.1 Å². The number of anilines is 3. The Labute approximate surface area is 180 Å². The highest BCUT2D eigenvalue weighted by atomic mass is 16.5. The quantitative estimate of drug-likeness (QED) is 0.451. The molecule has 3 aromatic heterocycles. The van der Waals surface area contributed by atoms with Crippen LogP contribution in [0.15, 0.2) is 22.7 Å². The van der Waals surface area contributed by atoms with E-state index in [4.69, 9.17) is 9.26 Å². The fraction of sp³-hybridized carbons (Fsp3) is 0.524. The zero-order valence-electron chi connectivity index (χ0n) is 17.7. The van der Waals surface area contributed by atoms with Crippen LogP contribution in [0.2, 0.25) is 0 Å². The van der Waals surface area contributed by atoms with Crippen molar-refractivity contribution in [1.82, 2.24) is 30.2 Å². The first-order chi connectivity index (χ1) is 15.2. The molecule has 1 saturated carbocycles. The second-order valence-corrected chi connectivity index (χ2v) is 8.21. The molecular weight excluding hydrogens is 396 g/mol. The zero-order valence-corrected chi connectivity index (χ0v) is 17.7. The Morgan fingerprint density at radius 2 is 2.03 bits per heavy atom. The van der Waals surface area contributed by atoms with Crippen LogP contribution in [-0.2, 0) is 6.54 Å². The summed E-state index contributed by atoms with van der Waals surface area (Å²) in [5.41, 5.74) is 2.00. The highest BCUT2D eigenvalue weighted by Gasteiger charge is 2.25. The molecule has 4 heterocycles. The van der Waals surface area contributed by atoms with Gasteiger partial charge >= 0.3 is 0 Å². The van der Waals surface area contributed by atoms with E-state index in [-0.39, 0.29) is 0 Å². The number of rotatable bonds is 10. The fourth-order valence-electron chi connectivity index (χ4n) is 3.73. The molecule has 0 unspecified atom stereocenters. The van der Waals surface area contributed by atoms with Crippen LogP contribution in [0.25, 0.3) is 0 Å². The third kappa shape index (κ3) is 5.32. The zero-order chi connectivity index (χ0) is 21.0. The van der Waals surface area contributed by atoms with Crippen LogP contribution < -0.4 is 15.4 Å². The van der Waals surface area contributed by atoms with E-state index >= 15 is 0 Å². The van der Waals surface area contributed by atoms with E-state index in [2.05, 4.69) is 40.9 Å². The standard InChI is InChI=1S/C21H28N8O2/c1-14-10-16(31-28-14)13-22-21-24-18(23-19-11-17(26-27-19)15-4-5-15)12-20(25-21)30-9-8-29-6-2-3-7-29/h10-12,15H,2-9,13H2,1H3,(H3,22,23,24,25,26,27). The number of aromatic nitrogens is 5. The average Bonchev–Trinajstić information content (AvgIpc) is 3.13. The van der Waals surface area contributed by atoms with E-state index in [1.807, 2.05) is 19.1 Å². The Hall–Kier alpha value is -3.14. The van der Waals surface area contributed by atoms with E-state index in [1.54, 1.807) is 6.07 Å². The predicted octanol–water partition coefficient (Wildman–Crippen LogP) is 3.20. The molecule has 2 aliphatic rings. The maximum absolute atomic E-state index is 5.96. The molecule has 31 heavy (non-hydrogen) atoms. The molecule has 5 rings (SSSR count). The van der Waals surface area contributed by atoms with Crippen molar-refractivity contribution < 1.29 is 9.26 Å². The Morgan fingerprint density at radius 3 is 2.81 bits per heavy atom. The van der Waals surface area contributed by atoms with Gasteiger partial charge in [0.1, 0.15) is 12.4 Å². The van der Waals surface area contributed by atoms with Gasteiger partial charge in [0.15, 0.2) is 11.6 Å². The maximum atomic E-state index is 5.96. The molecule has 0 amide bonds. The molecule has 0 atom stereocenters. The summed E-state index contributed by atoms with van der Waals surface area (Å²) < 4.78 is 11.2. The summed E-state index contributed by atoms with van der Waals surface area (Å²) in [6.07, 6.45) is 4.98. The third-order valence-corrected chi connectivity index (χ3v) is 5.53. The van der Waals surface area contributed by atoms with Gasteiger partial charge in [0.2, 0.25) is 11.8 Å². The number of nitrogens with zero attached hydrogens (tertiary/aromatic N) is 5. The lowest BCUT2D eigenvalue weighted by Gasteiger charge is -2.15. The summed E-state index contributed by atoms with van der Waals surface area (Å²) in [6.45, 7) is 6.10. The third-order valence-electron chi connectivity index (χ3n) is 5.53. The van der Waals surface area contributed by atoms with Crippen LogP contribution in [0.5, 0.6) is 5.88 Å². The van der Waals surface area contributed by atoms with Crippen LogP contribution in [0.3, 0.4) is 0 Å². The molecule has 1 saturated heterocycles. The normalized spacial score (nSPS) is 16.5. The summed E-state index contributed by atoms with van der Waals surface area (Å²) in [5.74, 6) is 3.66. The Kier molecular flexibility index (Phi) is 5.70. The molecule has 2 fully saturated rings. The smallest absolute Gasteiger partial charge is 0.228 e. The molecule has 3 aromatic rings. The molecule has 10 nitrogen and oxygen atoms in total. The van der Waals surface area contributed by atoms with E-state index in [1.165, 1.54) is 25.7 Å². The van der Waals surface area contributed by atoms with Gasteiger partial charge in [-0.05, 0) is 45.7 Å². The molecule has 0 radical (unpaired) electrons. The van der Waals surface area contributed by atoms with Crippen molar-refractivity contribution >= 4 is 17.6 Å². The van der Waals surface area contributed by atoms with Crippen LogP contribution >= 0.6 is 0 Å². The summed E-state index contributed by atoms with van der Waals surface area (Å²) in [5, 5.41) is 17.8. The van der Waals surface area contributed by atoms with Gasteiger partial charge in [-0.15, -0.1) is 0 Å². The van der Waals surface area contributed by atoms with Crippen molar-refractivity contribution in [3.8, 4) is 5.88 Å².